The Balaban J connectivity index is 2.47. The summed E-state index contributed by atoms with van der Waals surface area (Å²) >= 11 is 0. The van der Waals surface area contributed by atoms with Crippen LogP contribution in [0.1, 0.15) is 25.8 Å². The first-order valence-corrected chi connectivity index (χ1v) is 5.70. The van der Waals surface area contributed by atoms with Crippen LogP contribution in [-0.2, 0) is 16.0 Å². The zero-order chi connectivity index (χ0) is 12.7. The van der Waals surface area contributed by atoms with Crippen molar-refractivity contribution in [3.63, 3.8) is 0 Å². The largest absolute Gasteiger partial charge is 0.481 e. The Morgan fingerprint density at radius 1 is 1.35 bits per heavy atom. The molecule has 0 aliphatic rings. The fourth-order valence-electron chi connectivity index (χ4n) is 1.45. The van der Waals surface area contributed by atoms with E-state index >= 15 is 0 Å². The molecule has 17 heavy (non-hydrogen) atoms. The van der Waals surface area contributed by atoms with Crippen molar-refractivity contribution in [2.75, 3.05) is 6.61 Å². The Labute approximate surface area is 101 Å². The van der Waals surface area contributed by atoms with Crippen molar-refractivity contribution in [1.82, 2.24) is 0 Å². The number of carbonyl (C=O) groups is 1. The van der Waals surface area contributed by atoms with Gasteiger partial charge in [0.1, 0.15) is 5.75 Å². The molecule has 1 aromatic carbocycles. The summed E-state index contributed by atoms with van der Waals surface area (Å²) in [7, 11) is 0. The standard InChI is InChI=1S/C13H18O4/c1-3-16-10(2)17-12-7-4-11(5-8-12)6-9-13(14)15/h4-5,7-8,10H,3,6,9H2,1-2H3,(H,14,15). The third-order valence-corrected chi connectivity index (χ3v) is 2.25. The second-order valence-electron chi connectivity index (χ2n) is 3.68. The second-order valence-corrected chi connectivity index (χ2v) is 3.68. The van der Waals surface area contributed by atoms with Crippen LogP contribution in [0.2, 0.25) is 0 Å². The van der Waals surface area contributed by atoms with Crippen molar-refractivity contribution in [1.29, 1.82) is 0 Å². The van der Waals surface area contributed by atoms with Gasteiger partial charge >= 0.3 is 5.97 Å². The smallest absolute Gasteiger partial charge is 0.303 e. The molecule has 0 aromatic heterocycles. The Bertz CT molecular complexity index is 345. The van der Waals surface area contributed by atoms with Crippen molar-refractivity contribution in [3.05, 3.63) is 29.8 Å². The fourth-order valence-corrected chi connectivity index (χ4v) is 1.45. The minimum atomic E-state index is -0.782. The van der Waals surface area contributed by atoms with Crippen molar-refractivity contribution < 1.29 is 19.4 Å². The van der Waals surface area contributed by atoms with Crippen LogP contribution < -0.4 is 4.74 Å². The van der Waals surface area contributed by atoms with E-state index in [2.05, 4.69) is 0 Å². The zero-order valence-corrected chi connectivity index (χ0v) is 10.2. The highest BCUT2D eigenvalue weighted by Crippen LogP contribution is 2.15. The summed E-state index contributed by atoms with van der Waals surface area (Å²) in [6.45, 7) is 4.36. The number of ether oxygens (including phenoxy) is 2. The van der Waals surface area contributed by atoms with E-state index in [4.69, 9.17) is 14.6 Å². The molecule has 1 rings (SSSR count). The maximum Gasteiger partial charge on any atom is 0.303 e. The number of aliphatic carboxylic acids is 1. The van der Waals surface area contributed by atoms with Gasteiger partial charge in [0.25, 0.3) is 0 Å². The lowest BCUT2D eigenvalue weighted by molar-refractivity contribution is -0.136. The van der Waals surface area contributed by atoms with Crippen molar-refractivity contribution >= 4 is 5.97 Å². The topological polar surface area (TPSA) is 55.8 Å². The van der Waals surface area contributed by atoms with Gasteiger partial charge in [-0.05, 0) is 38.0 Å². The van der Waals surface area contributed by atoms with Gasteiger partial charge in [0.15, 0.2) is 6.29 Å². The van der Waals surface area contributed by atoms with Gasteiger partial charge in [0.2, 0.25) is 0 Å². The molecule has 4 heteroatoms. The highest BCUT2D eigenvalue weighted by Gasteiger charge is 2.03. The molecular weight excluding hydrogens is 220 g/mol. The molecule has 0 saturated heterocycles. The van der Waals surface area contributed by atoms with Gasteiger partial charge < -0.3 is 14.6 Å². The second kappa shape index (κ2) is 6.91. The van der Waals surface area contributed by atoms with Crippen molar-refractivity contribution in [2.45, 2.75) is 33.0 Å². The number of aryl methyl sites for hydroxylation is 1. The maximum absolute atomic E-state index is 10.4. The summed E-state index contributed by atoms with van der Waals surface area (Å²) in [5, 5.41) is 8.57. The van der Waals surface area contributed by atoms with E-state index in [9.17, 15) is 4.79 Å². The normalized spacial score (nSPS) is 12.1. The lowest BCUT2D eigenvalue weighted by atomic mass is 10.1. The number of carboxylic acids is 1. The number of benzene rings is 1. The molecule has 0 heterocycles. The number of hydrogen-bond donors (Lipinski definition) is 1. The molecule has 4 nitrogen and oxygen atoms in total. The molecule has 0 bridgehead atoms. The van der Waals surface area contributed by atoms with Crippen LogP contribution in [0.3, 0.4) is 0 Å². The van der Waals surface area contributed by atoms with Gasteiger partial charge in [0.05, 0.1) is 0 Å². The van der Waals surface area contributed by atoms with Gasteiger partial charge in [-0.15, -0.1) is 0 Å². The zero-order valence-electron chi connectivity index (χ0n) is 10.2. The first-order valence-electron chi connectivity index (χ1n) is 5.70. The third-order valence-electron chi connectivity index (χ3n) is 2.25. The summed E-state index contributed by atoms with van der Waals surface area (Å²) in [6.07, 6.45) is 0.413. The van der Waals surface area contributed by atoms with Crippen molar-refractivity contribution in [3.8, 4) is 5.75 Å². The maximum atomic E-state index is 10.4. The Kier molecular flexibility index (Phi) is 5.49. The van der Waals surface area contributed by atoms with E-state index in [1.165, 1.54) is 0 Å². The van der Waals surface area contributed by atoms with E-state index in [0.717, 1.165) is 11.3 Å². The Morgan fingerprint density at radius 3 is 2.53 bits per heavy atom. The molecule has 1 unspecified atom stereocenters. The average Bonchev–Trinajstić information content (AvgIpc) is 2.28. The monoisotopic (exact) mass is 238 g/mol. The van der Waals surface area contributed by atoms with E-state index in [1.54, 1.807) is 0 Å². The average molecular weight is 238 g/mol. The van der Waals surface area contributed by atoms with Gasteiger partial charge in [-0.3, -0.25) is 4.79 Å². The Morgan fingerprint density at radius 2 is 2.00 bits per heavy atom. The minimum Gasteiger partial charge on any atom is -0.481 e. The summed E-state index contributed by atoms with van der Waals surface area (Å²) in [5.41, 5.74) is 0.990. The molecule has 0 radical (unpaired) electrons. The summed E-state index contributed by atoms with van der Waals surface area (Å²) in [4.78, 5) is 10.4. The highest BCUT2D eigenvalue weighted by molar-refractivity contribution is 5.67. The number of hydrogen-bond acceptors (Lipinski definition) is 3. The van der Waals surface area contributed by atoms with Gasteiger partial charge in [-0.1, -0.05) is 12.1 Å². The molecule has 0 aliphatic carbocycles. The van der Waals surface area contributed by atoms with Crippen LogP contribution in [0.25, 0.3) is 0 Å². The van der Waals surface area contributed by atoms with Gasteiger partial charge in [-0.2, -0.15) is 0 Å². The minimum absolute atomic E-state index is 0.148. The number of rotatable bonds is 7. The van der Waals surface area contributed by atoms with E-state index in [-0.39, 0.29) is 12.7 Å². The molecule has 1 aromatic rings. The third kappa shape index (κ3) is 5.36. The first kappa shape index (κ1) is 13.5. The Hall–Kier alpha value is -1.55. The van der Waals surface area contributed by atoms with Crippen molar-refractivity contribution in [2.24, 2.45) is 0 Å². The predicted molar refractivity (Wildman–Crippen MR) is 64.1 cm³/mol. The predicted octanol–water partition coefficient (Wildman–Crippen LogP) is 2.47. The molecule has 0 fully saturated rings. The number of carboxylic acid groups (broad SMARTS) is 1. The van der Waals surface area contributed by atoms with Crippen LogP contribution in [0.15, 0.2) is 24.3 Å². The summed E-state index contributed by atoms with van der Waals surface area (Å²) in [6, 6.07) is 7.40. The molecular formula is C13H18O4. The highest BCUT2D eigenvalue weighted by atomic mass is 16.7. The van der Waals surface area contributed by atoms with E-state index in [1.807, 2.05) is 38.1 Å². The molecule has 1 atom stereocenters. The summed E-state index contributed by atoms with van der Waals surface area (Å²) in [5.74, 6) is -0.0553. The molecule has 0 amide bonds. The van der Waals surface area contributed by atoms with E-state index < -0.39 is 5.97 Å². The van der Waals surface area contributed by atoms with Gasteiger partial charge in [-0.25, -0.2) is 0 Å². The molecule has 1 N–H and O–H groups in total. The van der Waals surface area contributed by atoms with Crippen LogP contribution in [-0.4, -0.2) is 24.0 Å². The van der Waals surface area contributed by atoms with Crippen LogP contribution >= 0.6 is 0 Å². The summed E-state index contributed by atoms with van der Waals surface area (Å²) < 4.78 is 10.8. The fraction of sp³-hybridized carbons (Fsp3) is 0.462. The first-order chi connectivity index (χ1) is 8.11. The van der Waals surface area contributed by atoms with E-state index in [0.29, 0.717) is 13.0 Å². The van der Waals surface area contributed by atoms with Crippen LogP contribution in [0, 0.1) is 0 Å². The molecule has 0 spiro atoms. The quantitative estimate of drug-likeness (QED) is 0.741. The van der Waals surface area contributed by atoms with Crippen LogP contribution in [0.4, 0.5) is 0 Å². The lowest BCUT2D eigenvalue weighted by Crippen LogP contribution is -2.15. The lowest BCUT2D eigenvalue weighted by Gasteiger charge is -2.14. The van der Waals surface area contributed by atoms with Crippen LogP contribution in [0.5, 0.6) is 5.75 Å². The molecule has 0 saturated carbocycles. The molecule has 94 valence electrons. The van der Waals surface area contributed by atoms with Gasteiger partial charge in [0, 0.05) is 13.0 Å². The SMILES string of the molecule is CCOC(C)Oc1ccc(CCC(=O)O)cc1. The molecule has 0 aliphatic heterocycles.